The molecule has 0 bridgehead atoms. The topological polar surface area (TPSA) is 59.0 Å². The number of amides is 1. The van der Waals surface area contributed by atoms with E-state index in [9.17, 15) is 4.79 Å². The second kappa shape index (κ2) is 6.74. The summed E-state index contributed by atoms with van der Waals surface area (Å²) < 4.78 is 0. The average molecular weight is 332 g/mol. The summed E-state index contributed by atoms with van der Waals surface area (Å²) in [5.41, 5.74) is 2.27. The summed E-state index contributed by atoms with van der Waals surface area (Å²) in [6.45, 7) is 12.0. The summed E-state index contributed by atoms with van der Waals surface area (Å²) >= 11 is 1.69. The molecule has 0 saturated heterocycles. The molecule has 0 radical (unpaired) electrons. The van der Waals surface area contributed by atoms with Crippen LogP contribution in [0.4, 0.5) is 0 Å². The molecule has 0 aromatic carbocycles. The number of thiazole rings is 1. The molecular formula is C17H24N4OS. The van der Waals surface area contributed by atoms with Gasteiger partial charge < -0.3 is 4.90 Å². The molecule has 0 aliphatic carbocycles. The molecule has 0 N–H and O–H groups in total. The van der Waals surface area contributed by atoms with Gasteiger partial charge in [-0.1, -0.05) is 13.8 Å². The van der Waals surface area contributed by atoms with Crippen LogP contribution in [0.3, 0.4) is 0 Å². The van der Waals surface area contributed by atoms with Gasteiger partial charge in [-0.25, -0.2) is 15.0 Å². The van der Waals surface area contributed by atoms with Crippen molar-refractivity contribution in [3.8, 4) is 0 Å². The van der Waals surface area contributed by atoms with Gasteiger partial charge in [0.2, 0.25) is 0 Å². The van der Waals surface area contributed by atoms with E-state index in [1.165, 1.54) is 0 Å². The normalized spacial score (nSPS) is 12.5. The number of carbonyl (C=O) groups is 1. The van der Waals surface area contributed by atoms with Crippen LogP contribution in [0.15, 0.2) is 6.20 Å². The summed E-state index contributed by atoms with van der Waals surface area (Å²) in [5, 5.41) is 1.11. The van der Waals surface area contributed by atoms with E-state index in [1.54, 1.807) is 22.4 Å². The second-order valence-electron chi connectivity index (χ2n) is 6.16. The van der Waals surface area contributed by atoms with Gasteiger partial charge in [0.05, 0.1) is 28.0 Å². The van der Waals surface area contributed by atoms with Crippen molar-refractivity contribution in [2.45, 2.75) is 53.5 Å². The second-order valence-corrected chi connectivity index (χ2v) is 7.23. The first-order valence-corrected chi connectivity index (χ1v) is 8.58. The quantitative estimate of drug-likeness (QED) is 0.854. The van der Waals surface area contributed by atoms with Crippen molar-refractivity contribution in [2.75, 3.05) is 7.05 Å². The van der Waals surface area contributed by atoms with Crippen molar-refractivity contribution in [2.24, 2.45) is 0 Å². The Balaban J connectivity index is 2.28. The summed E-state index contributed by atoms with van der Waals surface area (Å²) in [6, 6.07) is -0.0341. The highest BCUT2D eigenvalue weighted by molar-refractivity contribution is 7.11. The zero-order valence-corrected chi connectivity index (χ0v) is 15.7. The van der Waals surface area contributed by atoms with Crippen LogP contribution in [0.1, 0.15) is 70.2 Å². The Morgan fingerprint density at radius 1 is 1.13 bits per heavy atom. The highest BCUT2D eigenvalue weighted by Gasteiger charge is 2.25. The first-order valence-electron chi connectivity index (χ1n) is 7.77. The van der Waals surface area contributed by atoms with Crippen LogP contribution in [-0.4, -0.2) is 32.8 Å². The zero-order valence-electron chi connectivity index (χ0n) is 14.8. The molecule has 6 heteroatoms. The Bertz CT molecular complexity index is 723. The minimum Gasteiger partial charge on any atom is -0.334 e. The zero-order chi connectivity index (χ0) is 17.3. The van der Waals surface area contributed by atoms with E-state index in [1.807, 2.05) is 34.7 Å². The standard InChI is InChI=1S/C17H24N4OS/c1-9(2)16-20-11(4)15(23-16)12(5)21(7)17(22)14-8-18-13(6)19-10(14)3/h8-9,12H,1-7H3. The van der Waals surface area contributed by atoms with Crippen molar-refractivity contribution in [3.63, 3.8) is 0 Å². The molecule has 0 aliphatic rings. The fraction of sp³-hybridized carbons (Fsp3) is 0.529. The lowest BCUT2D eigenvalue weighted by molar-refractivity contribution is 0.0743. The number of carbonyl (C=O) groups excluding carboxylic acids is 1. The van der Waals surface area contributed by atoms with E-state index in [-0.39, 0.29) is 11.9 Å². The van der Waals surface area contributed by atoms with Gasteiger partial charge in [-0.2, -0.15) is 0 Å². The molecule has 1 atom stereocenters. The van der Waals surface area contributed by atoms with Gasteiger partial charge in [0.25, 0.3) is 5.91 Å². The summed E-state index contributed by atoms with van der Waals surface area (Å²) in [7, 11) is 1.82. The van der Waals surface area contributed by atoms with Gasteiger partial charge >= 0.3 is 0 Å². The van der Waals surface area contributed by atoms with E-state index < -0.39 is 0 Å². The lowest BCUT2D eigenvalue weighted by Crippen LogP contribution is -2.30. The first-order chi connectivity index (χ1) is 10.7. The van der Waals surface area contributed by atoms with Gasteiger partial charge in [-0.05, 0) is 27.7 Å². The Morgan fingerprint density at radius 3 is 2.30 bits per heavy atom. The van der Waals surface area contributed by atoms with Crippen molar-refractivity contribution in [3.05, 3.63) is 38.9 Å². The lowest BCUT2D eigenvalue weighted by Gasteiger charge is -2.25. The Labute approximate surface area is 141 Å². The molecule has 124 valence electrons. The third-order valence-corrected chi connectivity index (χ3v) is 5.58. The van der Waals surface area contributed by atoms with E-state index >= 15 is 0 Å². The Kier molecular flexibility index (Phi) is 5.14. The summed E-state index contributed by atoms with van der Waals surface area (Å²) in [5.74, 6) is 1.01. The Hall–Kier alpha value is -1.82. The number of aryl methyl sites for hydroxylation is 3. The fourth-order valence-electron chi connectivity index (χ4n) is 2.40. The van der Waals surface area contributed by atoms with Gasteiger partial charge in [-0.3, -0.25) is 4.79 Å². The number of rotatable bonds is 4. The molecule has 2 aromatic rings. The Morgan fingerprint density at radius 2 is 1.78 bits per heavy atom. The van der Waals surface area contributed by atoms with E-state index in [2.05, 4.69) is 28.8 Å². The highest BCUT2D eigenvalue weighted by Crippen LogP contribution is 2.32. The average Bonchev–Trinajstić information content (AvgIpc) is 2.87. The molecule has 0 aliphatic heterocycles. The molecule has 1 amide bonds. The van der Waals surface area contributed by atoms with Crippen molar-refractivity contribution in [1.29, 1.82) is 0 Å². The third kappa shape index (κ3) is 3.58. The van der Waals surface area contributed by atoms with Crippen LogP contribution in [0, 0.1) is 20.8 Å². The van der Waals surface area contributed by atoms with E-state index in [4.69, 9.17) is 0 Å². The molecule has 0 fully saturated rings. The molecule has 0 saturated carbocycles. The van der Waals surface area contributed by atoms with E-state index in [0.29, 0.717) is 23.0 Å². The predicted octanol–water partition coefficient (Wildman–Crippen LogP) is 3.81. The molecule has 5 nitrogen and oxygen atoms in total. The molecule has 0 spiro atoms. The minimum absolute atomic E-state index is 0.0341. The maximum atomic E-state index is 12.8. The van der Waals surface area contributed by atoms with Gasteiger partial charge in [-0.15, -0.1) is 11.3 Å². The molecule has 1 unspecified atom stereocenters. The SMILES string of the molecule is Cc1ncc(C(=O)N(C)C(C)c2sc(C(C)C)nc2C)c(C)n1. The van der Waals surface area contributed by atoms with Crippen LogP contribution in [0.2, 0.25) is 0 Å². The highest BCUT2D eigenvalue weighted by atomic mass is 32.1. The van der Waals surface area contributed by atoms with Crippen molar-refractivity contribution >= 4 is 17.2 Å². The van der Waals surface area contributed by atoms with Gasteiger partial charge in [0, 0.05) is 24.0 Å². The molecule has 23 heavy (non-hydrogen) atoms. The van der Waals surface area contributed by atoms with Crippen LogP contribution in [0.25, 0.3) is 0 Å². The van der Waals surface area contributed by atoms with Gasteiger partial charge in [0.15, 0.2) is 0 Å². The molecule has 2 rings (SSSR count). The van der Waals surface area contributed by atoms with Crippen LogP contribution >= 0.6 is 11.3 Å². The van der Waals surface area contributed by atoms with Crippen LogP contribution in [0.5, 0.6) is 0 Å². The van der Waals surface area contributed by atoms with Crippen molar-refractivity contribution in [1.82, 2.24) is 19.9 Å². The van der Waals surface area contributed by atoms with Crippen LogP contribution in [-0.2, 0) is 0 Å². The molecule has 2 aromatic heterocycles. The minimum atomic E-state index is -0.0612. The van der Waals surface area contributed by atoms with Crippen molar-refractivity contribution < 1.29 is 4.79 Å². The lowest BCUT2D eigenvalue weighted by atomic mass is 10.1. The first kappa shape index (κ1) is 17.5. The van der Waals surface area contributed by atoms with Gasteiger partial charge in [0.1, 0.15) is 5.82 Å². The monoisotopic (exact) mass is 332 g/mol. The predicted molar refractivity (Wildman–Crippen MR) is 93.0 cm³/mol. The third-order valence-electron chi connectivity index (χ3n) is 3.95. The number of nitrogens with zero attached hydrogens (tertiary/aromatic N) is 4. The van der Waals surface area contributed by atoms with E-state index in [0.717, 1.165) is 15.6 Å². The largest absolute Gasteiger partial charge is 0.334 e. The maximum absolute atomic E-state index is 12.8. The van der Waals surface area contributed by atoms with Crippen LogP contribution < -0.4 is 0 Å². The number of aromatic nitrogens is 3. The summed E-state index contributed by atoms with van der Waals surface area (Å²) in [6.07, 6.45) is 1.61. The molecular weight excluding hydrogens is 308 g/mol. The smallest absolute Gasteiger partial charge is 0.257 e. The summed E-state index contributed by atoms with van der Waals surface area (Å²) in [4.78, 5) is 28.7. The number of hydrogen-bond acceptors (Lipinski definition) is 5. The maximum Gasteiger partial charge on any atom is 0.257 e. The fourth-order valence-corrected chi connectivity index (χ4v) is 3.56. The number of hydrogen-bond donors (Lipinski definition) is 0. The molecule has 2 heterocycles.